The molecule has 11 heteroatoms. The van der Waals surface area contributed by atoms with E-state index in [1.165, 1.54) is 21.6 Å². The molecule has 1 aliphatic rings. The van der Waals surface area contributed by atoms with Crippen molar-refractivity contribution in [1.29, 1.82) is 0 Å². The van der Waals surface area contributed by atoms with Gasteiger partial charge < -0.3 is 25.2 Å². The molecule has 0 spiro atoms. The number of benzene rings is 3. The second-order valence-corrected chi connectivity index (χ2v) is 12.6. The van der Waals surface area contributed by atoms with E-state index in [0.29, 0.717) is 29.2 Å². The molecule has 10 nitrogen and oxygen atoms in total. The molecule has 0 saturated carbocycles. The number of ether oxygens (including phenoxy) is 1. The van der Waals surface area contributed by atoms with Gasteiger partial charge in [0.2, 0.25) is 5.91 Å². The number of ketones is 1. The maximum atomic E-state index is 14.2. The highest BCUT2D eigenvalue weighted by atomic mass is 32.2. The zero-order valence-electron chi connectivity index (χ0n) is 26.1. The SMILES string of the molecule is CCOC(=O)CSc1cccc(NC(=O)NC2CN(C(=O)C(C)(C)C)c3ccccc3N(CC(=O)c3ccccc3C)C2=O)c1. The zero-order chi connectivity index (χ0) is 32.7. The molecule has 1 unspecified atom stereocenters. The molecule has 3 aromatic carbocycles. The first kappa shape index (κ1) is 33.3. The van der Waals surface area contributed by atoms with E-state index in [-0.39, 0.29) is 36.5 Å². The zero-order valence-corrected chi connectivity index (χ0v) is 26.9. The van der Waals surface area contributed by atoms with Crippen LogP contribution in [0.2, 0.25) is 0 Å². The van der Waals surface area contributed by atoms with E-state index in [0.717, 1.165) is 10.5 Å². The second kappa shape index (κ2) is 14.4. The first-order chi connectivity index (χ1) is 21.4. The number of hydrogen-bond acceptors (Lipinski definition) is 7. The number of thioether (sulfide) groups is 1. The summed E-state index contributed by atoms with van der Waals surface area (Å²) in [7, 11) is 0. The Bertz CT molecular complexity index is 1600. The van der Waals surface area contributed by atoms with Gasteiger partial charge in [-0.25, -0.2) is 4.79 Å². The number of hydrogen-bond donors (Lipinski definition) is 2. The van der Waals surface area contributed by atoms with E-state index in [4.69, 9.17) is 4.74 Å². The van der Waals surface area contributed by atoms with Crippen molar-refractivity contribution in [2.75, 3.05) is 40.6 Å². The Morgan fingerprint density at radius 3 is 2.33 bits per heavy atom. The highest BCUT2D eigenvalue weighted by Gasteiger charge is 2.40. The maximum absolute atomic E-state index is 14.2. The number of carbonyl (C=O) groups excluding carboxylic acids is 5. The molecule has 45 heavy (non-hydrogen) atoms. The van der Waals surface area contributed by atoms with Crippen molar-refractivity contribution in [2.45, 2.75) is 45.6 Å². The van der Waals surface area contributed by atoms with E-state index >= 15 is 0 Å². The number of anilines is 3. The number of aryl methyl sites for hydroxylation is 1. The van der Waals surface area contributed by atoms with Crippen LogP contribution in [0, 0.1) is 12.3 Å². The average Bonchev–Trinajstić information content (AvgIpc) is 3.10. The summed E-state index contributed by atoms with van der Waals surface area (Å²) in [5, 5.41) is 5.49. The Hall–Kier alpha value is -4.64. The lowest BCUT2D eigenvalue weighted by Gasteiger charge is -2.30. The van der Waals surface area contributed by atoms with Gasteiger partial charge in [0.15, 0.2) is 5.78 Å². The molecule has 1 atom stereocenters. The van der Waals surface area contributed by atoms with Gasteiger partial charge in [-0.1, -0.05) is 63.2 Å². The lowest BCUT2D eigenvalue weighted by atomic mass is 9.94. The van der Waals surface area contributed by atoms with Crippen molar-refractivity contribution in [3.8, 4) is 0 Å². The van der Waals surface area contributed by atoms with Gasteiger partial charge in [0, 0.05) is 21.6 Å². The number of nitrogens with zero attached hydrogens (tertiary/aromatic N) is 2. The highest BCUT2D eigenvalue weighted by molar-refractivity contribution is 8.00. The third-order valence-corrected chi connectivity index (χ3v) is 8.05. The van der Waals surface area contributed by atoms with Gasteiger partial charge in [-0.3, -0.25) is 19.2 Å². The normalized spacial score (nSPS) is 14.7. The van der Waals surface area contributed by atoms with Crippen LogP contribution in [0.25, 0.3) is 0 Å². The van der Waals surface area contributed by atoms with Gasteiger partial charge >= 0.3 is 12.0 Å². The van der Waals surface area contributed by atoms with Crippen LogP contribution in [-0.2, 0) is 19.1 Å². The van der Waals surface area contributed by atoms with Gasteiger partial charge in [0.1, 0.15) is 6.04 Å². The van der Waals surface area contributed by atoms with Crippen molar-refractivity contribution in [1.82, 2.24) is 5.32 Å². The van der Waals surface area contributed by atoms with E-state index < -0.39 is 23.4 Å². The number of Topliss-reactive ketones (excluding diaryl/α,β-unsaturated/α-hetero) is 1. The Morgan fingerprint density at radius 1 is 0.956 bits per heavy atom. The third-order valence-electron chi connectivity index (χ3n) is 7.09. The fourth-order valence-corrected chi connectivity index (χ4v) is 5.66. The molecule has 3 aromatic rings. The first-order valence-electron chi connectivity index (χ1n) is 14.7. The Morgan fingerprint density at radius 2 is 1.64 bits per heavy atom. The average molecular weight is 631 g/mol. The minimum atomic E-state index is -1.17. The molecule has 0 bridgehead atoms. The molecule has 0 fully saturated rings. The maximum Gasteiger partial charge on any atom is 0.319 e. The fraction of sp³-hybridized carbons (Fsp3) is 0.324. The van der Waals surface area contributed by atoms with Crippen LogP contribution in [0.3, 0.4) is 0 Å². The molecule has 4 rings (SSSR count). The molecule has 0 saturated heterocycles. The van der Waals surface area contributed by atoms with Crippen LogP contribution in [0.15, 0.2) is 77.7 Å². The number of fused-ring (bicyclic) bond motifs is 1. The summed E-state index contributed by atoms with van der Waals surface area (Å²) >= 11 is 1.27. The quantitative estimate of drug-likeness (QED) is 0.183. The van der Waals surface area contributed by atoms with Gasteiger partial charge in [-0.15, -0.1) is 11.8 Å². The molecule has 0 radical (unpaired) electrons. The van der Waals surface area contributed by atoms with Crippen LogP contribution >= 0.6 is 11.8 Å². The molecule has 0 aliphatic carbocycles. The standard InChI is InChI=1S/C34H38N4O6S/c1-6-44-30(40)21-45-24-14-11-13-23(18-24)35-33(43)36-26-19-38(32(42)34(3,4)5)28-17-10-9-16-27(28)37(31(26)41)20-29(39)25-15-8-7-12-22(25)2/h7-18,26H,6,19-21H2,1-5H3,(H2,35,36,43). The van der Waals surface area contributed by atoms with Gasteiger partial charge in [-0.05, 0) is 49.7 Å². The summed E-state index contributed by atoms with van der Waals surface area (Å²) < 4.78 is 4.97. The predicted molar refractivity (Wildman–Crippen MR) is 176 cm³/mol. The molecule has 4 amide bonds. The molecule has 0 aromatic heterocycles. The summed E-state index contributed by atoms with van der Waals surface area (Å²) in [6.07, 6.45) is 0. The van der Waals surface area contributed by atoms with Crippen molar-refractivity contribution >= 4 is 58.4 Å². The number of nitrogens with one attached hydrogen (secondary N) is 2. The smallest absolute Gasteiger partial charge is 0.319 e. The van der Waals surface area contributed by atoms with Crippen molar-refractivity contribution in [2.24, 2.45) is 5.41 Å². The molecule has 236 valence electrons. The largest absolute Gasteiger partial charge is 0.465 e. The van der Waals surface area contributed by atoms with E-state index in [2.05, 4.69) is 10.6 Å². The van der Waals surface area contributed by atoms with Crippen LogP contribution in [0.5, 0.6) is 0 Å². The topological polar surface area (TPSA) is 125 Å². The van der Waals surface area contributed by atoms with Crippen molar-refractivity contribution in [3.05, 3.63) is 83.9 Å². The first-order valence-corrected chi connectivity index (χ1v) is 15.6. The van der Waals surface area contributed by atoms with Crippen LogP contribution < -0.4 is 20.4 Å². The van der Waals surface area contributed by atoms with Gasteiger partial charge in [-0.2, -0.15) is 0 Å². The van der Waals surface area contributed by atoms with Crippen molar-refractivity contribution in [3.63, 3.8) is 0 Å². The second-order valence-electron chi connectivity index (χ2n) is 11.6. The Kier molecular flexibility index (Phi) is 10.7. The van der Waals surface area contributed by atoms with E-state index in [9.17, 15) is 24.0 Å². The highest BCUT2D eigenvalue weighted by Crippen LogP contribution is 2.35. The molecular weight excluding hydrogens is 592 g/mol. The lowest BCUT2D eigenvalue weighted by molar-refractivity contribution is -0.139. The summed E-state index contributed by atoms with van der Waals surface area (Å²) in [4.78, 5) is 70.0. The number of amides is 4. The van der Waals surface area contributed by atoms with Crippen LogP contribution in [0.4, 0.5) is 21.9 Å². The summed E-state index contributed by atoms with van der Waals surface area (Å²) in [6, 6.07) is 19.2. The summed E-state index contributed by atoms with van der Waals surface area (Å²) in [5.41, 5.74) is 1.78. The van der Waals surface area contributed by atoms with Gasteiger partial charge in [0.05, 0.1) is 36.8 Å². The Labute approximate surface area is 267 Å². The number of urea groups is 1. The number of para-hydroxylation sites is 2. The number of rotatable bonds is 9. The van der Waals surface area contributed by atoms with Gasteiger partial charge in [0.25, 0.3) is 5.91 Å². The molecule has 1 heterocycles. The number of esters is 1. The third kappa shape index (κ3) is 8.30. The van der Waals surface area contributed by atoms with Crippen molar-refractivity contribution < 1.29 is 28.7 Å². The molecular formula is C34H38N4O6S. The number of carbonyl (C=O) groups is 5. The van der Waals surface area contributed by atoms with Crippen LogP contribution in [0.1, 0.15) is 43.6 Å². The minimum absolute atomic E-state index is 0.120. The molecule has 1 aliphatic heterocycles. The minimum Gasteiger partial charge on any atom is -0.465 e. The lowest BCUT2D eigenvalue weighted by Crippen LogP contribution is -2.55. The summed E-state index contributed by atoms with van der Waals surface area (Å²) in [5.74, 6) is -1.26. The van der Waals surface area contributed by atoms with Crippen LogP contribution in [-0.4, -0.2) is 61.1 Å². The molecule has 2 N–H and O–H groups in total. The predicted octanol–water partition coefficient (Wildman–Crippen LogP) is 5.45. The van der Waals surface area contributed by atoms with E-state index in [1.807, 2.05) is 19.1 Å². The fourth-order valence-electron chi connectivity index (χ4n) is 4.90. The van der Waals surface area contributed by atoms with E-state index in [1.54, 1.807) is 88.4 Å². The monoisotopic (exact) mass is 630 g/mol. The summed E-state index contributed by atoms with van der Waals surface area (Å²) in [6.45, 7) is 8.80. The Balaban J connectivity index is 1.62.